The molecule has 2 aromatic rings. The van der Waals surface area contributed by atoms with Crippen LogP contribution in [0, 0.1) is 11.3 Å². The van der Waals surface area contributed by atoms with Crippen LogP contribution in [0.15, 0.2) is 30.3 Å². The largest absolute Gasteiger partial charge is 0.481 e. The smallest absolute Gasteiger partial charge is 0.304 e. The van der Waals surface area contributed by atoms with Crippen LogP contribution in [-0.4, -0.2) is 39.4 Å². The van der Waals surface area contributed by atoms with Gasteiger partial charge in [-0.05, 0) is 24.1 Å². The van der Waals surface area contributed by atoms with Gasteiger partial charge in [0.15, 0.2) is 0 Å². The van der Waals surface area contributed by atoms with Crippen molar-refractivity contribution in [3.63, 3.8) is 0 Å². The minimum absolute atomic E-state index is 0.0667. The lowest BCUT2D eigenvalue weighted by Crippen LogP contribution is -2.33. The second-order valence-corrected chi connectivity index (χ2v) is 8.22. The van der Waals surface area contributed by atoms with E-state index < -0.39 is 5.97 Å². The molecule has 9 heteroatoms. The first-order valence-corrected chi connectivity index (χ1v) is 10.3. The zero-order chi connectivity index (χ0) is 20.1. The lowest BCUT2D eigenvalue weighted by molar-refractivity contribution is -0.136. The molecule has 0 spiro atoms. The molecule has 0 fully saturated rings. The van der Waals surface area contributed by atoms with Crippen LogP contribution in [-0.2, 0) is 17.8 Å². The number of carbonyl (C=O) groups excluding carboxylic acids is 2. The first kappa shape index (κ1) is 19.9. The number of carboxylic acid groups (broad SMARTS) is 1. The quantitative estimate of drug-likeness (QED) is 0.773. The average molecular weight is 415 g/mol. The number of carboxylic acids is 1. The van der Waals surface area contributed by atoms with E-state index in [0.717, 1.165) is 22.2 Å². The summed E-state index contributed by atoms with van der Waals surface area (Å²) < 4.78 is 0. The number of hydrogen-bond donors (Lipinski definition) is 2. The topological polar surface area (TPSA) is 111 Å². The van der Waals surface area contributed by atoms with Gasteiger partial charge in [0.1, 0.15) is 11.1 Å². The van der Waals surface area contributed by atoms with Crippen LogP contribution in [0.3, 0.4) is 0 Å². The maximum absolute atomic E-state index is 12.4. The highest BCUT2D eigenvalue weighted by Gasteiger charge is 2.27. The predicted octanol–water partition coefficient (Wildman–Crippen LogP) is 3.56. The Morgan fingerprint density at radius 1 is 1.29 bits per heavy atom. The number of anilines is 1. The van der Waals surface area contributed by atoms with Crippen molar-refractivity contribution >= 4 is 45.2 Å². The molecule has 2 heterocycles. The van der Waals surface area contributed by atoms with Crippen molar-refractivity contribution in [2.75, 3.05) is 17.6 Å². The van der Waals surface area contributed by atoms with Crippen molar-refractivity contribution in [2.45, 2.75) is 19.4 Å². The fourth-order valence-corrected chi connectivity index (χ4v) is 4.85. The predicted molar refractivity (Wildman–Crippen MR) is 108 cm³/mol. The molecule has 0 unspecified atom stereocenters. The third kappa shape index (κ3) is 4.52. The molecule has 1 aromatic carbocycles. The summed E-state index contributed by atoms with van der Waals surface area (Å²) in [6.45, 7) is 0.818. The molecule has 2 amide bonds. The van der Waals surface area contributed by atoms with Gasteiger partial charge in [0, 0.05) is 22.7 Å². The Kier molecular flexibility index (Phi) is 6.34. The third-order valence-electron chi connectivity index (χ3n) is 4.23. The van der Waals surface area contributed by atoms with Gasteiger partial charge >= 0.3 is 5.97 Å². The first-order chi connectivity index (χ1) is 13.5. The molecule has 144 valence electrons. The van der Waals surface area contributed by atoms with Crippen LogP contribution in [0.4, 0.5) is 9.80 Å². The molecular formula is C19H17N3O4S2. The number of hydrogen-bond acceptors (Lipinski definition) is 6. The molecule has 1 aromatic heterocycles. The molecule has 0 bridgehead atoms. The van der Waals surface area contributed by atoms with Gasteiger partial charge in [-0.15, -0.1) is 11.3 Å². The number of rotatable bonds is 5. The molecule has 3 rings (SSSR count). The number of amides is 2. The van der Waals surface area contributed by atoms with Gasteiger partial charge in [0.25, 0.3) is 11.1 Å². The van der Waals surface area contributed by atoms with Crippen molar-refractivity contribution < 1.29 is 19.5 Å². The molecule has 0 saturated heterocycles. The Balaban J connectivity index is 1.72. The van der Waals surface area contributed by atoms with E-state index in [4.69, 9.17) is 5.11 Å². The molecule has 1 aliphatic heterocycles. The van der Waals surface area contributed by atoms with E-state index in [9.17, 15) is 19.6 Å². The Hall–Kier alpha value is -2.83. The number of fused-ring (bicyclic) bond motifs is 1. The van der Waals surface area contributed by atoms with Crippen LogP contribution in [0.5, 0.6) is 0 Å². The Morgan fingerprint density at radius 3 is 2.71 bits per heavy atom. The fourth-order valence-electron chi connectivity index (χ4n) is 2.85. The second-order valence-electron chi connectivity index (χ2n) is 6.07. The van der Waals surface area contributed by atoms with E-state index in [1.807, 2.05) is 6.07 Å². The lowest BCUT2D eigenvalue weighted by atomic mass is 10.0. The van der Waals surface area contributed by atoms with Crippen LogP contribution >= 0.6 is 23.1 Å². The molecule has 1 aliphatic rings. The van der Waals surface area contributed by atoms with E-state index in [1.54, 1.807) is 29.2 Å². The van der Waals surface area contributed by atoms with Crippen molar-refractivity contribution in [1.82, 2.24) is 4.90 Å². The van der Waals surface area contributed by atoms with Gasteiger partial charge in [-0.2, -0.15) is 5.26 Å². The third-order valence-corrected chi connectivity index (χ3v) is 6.28. The number of nitrogens with zero attached hydrogens (tertiary/aromatic N) is 2. The summed E-state index contributed by atoms with van der Waals surface area (Å²) in [5.41, 5.74) is 1.83. The molecule has 28 heavy (non-hydrogen) atoms. The van der Waals surface area contributed by atoms with Gasteiger partial charge in [-0.1, -0.05) is 30.0 Å². The molecule has 0 saturated carbocycles. The van der Waals surface area contributed by atoms with E-state index in [1.165, 1.54) is 11.3 Å². The number of nitrogens with one attached hydrogen (secondary N) is 1. The molecule has 2 N–H and O–H groups in total. The number of thioether (sulfide) groups is 1. The first-order valence-electron chi connectivity index (χ1n) is 8.54. The van der Waals surface area contributed by atoms with E-state index >= 15 is 0 Å². The fraction of sp³-hybridized carbons (Fsp3) is 0.263. The molecular weight excluding hydrogens is 398 g/mol. The summed E-state index contributed by atoms with van der Waals surface area (Å²) in [5.74, 6) is -0.992. The van der Waals surface area contributed by atoms with Crippen molar-refractivity contribution in [3.8, 4) is 6.07 Å². The molecule has 0 radical (unpaired) electrons. The lowest BCUT2D eigenvalue weighted by Gasteiger charge is -2.26. The highest BCUT2D eigenvalue weighted by molar-refractivity contribution is 8.13. The Bertz CT molecular complexity index is 950. The van der Waals surface area contributed by atoms with Crippen LogP contribution in [0.25, 0.3) is 0 Å². The number of aliphatic carboxylic acids is 1. The Labute approximate surface area is 170 Å². The highest BCUT2D eigenvalue weighted by atomic mass is 32.2. The minimum Gasteiger partial charge on any atom is -0.481 e. The standard InChI is InChI=1S/C19H17N3O4S2/c20-10-14-13-6-8-22(19(26)27-9-7-16(23)24)11-15(13)28-18(14)21-17(25)12-4-2-1-3-5-12/h1-5H,6-9,11H2,(H,21,25)(H,23,24). The van der Waals surface area contributed by atoms with Crippen molar-refractivity contribution in [2.24, 2.45) is 0 Å². The zero-order valence-electron chi connectivity index (χ0n) is 14.8. The minimum atomic E-state index is -0.933. The number of carbonyl (C=O) groups is 3. The maximum atomic E-state index is 12.4. The summed E-state index contributed by atoms with van der Waals surface area (Å²) >= 11 is 2.29. The van der Waals surface area contributed by atoms with Gasteiger partial charge < -0.3 is 15.3 Å². The molecule has 0 atom stereocenters. The van der Waals surface area contributed by atoms with Gasteiger partial charge in [-0.25, -0.2) is 0 Å². The summed E-state index contributed by atoms with van der Waals surface area (Å²) in [5, 5.41) is 21.4. The van der Waals surface area contributed by atoms with Gasteiger partial charge in [-0.3, -0.25) is 14.4 Å². The monoisotopic (exact) mass is 415 g/mol. The summed E-state index contributed by atoms with van der Waals surface area (Å²) in [7, 11) is 0. The summed E-state index contributed by atoms with van der Waals surface area (Å²) in [6, 6.07) is 10.9. The van der Waals surface area contributed by atoms with Crippen LogP contribution < -0.4 is 5.32 Å². The number of nitriles is 1. The SMILES string of the molecule is N#Cc1c(NC(=O)c2ccccc2)sc2c1CCN(C(=O)SCCC(=O)O)C2. The number of thiophene rings is 1. The van der Waals surface area contributed by atoms with Gasteiger partial charge in [0.2, 0.25) is 0 Å². The average Bonchev–Trinajstić information content (AvgIpc) is 3.04. The second kappa shape index (κ2) is 8.91. The normalized spacial score (nSPS) is 12.8. The highest BCUT2D eigenvalue weighted by Crippen LogP contribution is 2.37. The number of benzene rings is 1. The van der Waals surface area contributed by atoms with E-state index in [2.05, 4.69) is 11.4 Å². The van der Waals surface area contributed by atoms with Crippen LogP contribution in [0.2, 0.25) is 0 Å². The summed E-state index contributed by atoms with van der Waals surface area (Å²) in [4.78, 5) is 37.8. The Morgan fingerprint density at radius 2 is 2.04 bits per heavy atom. The summed E-state index contributed by atoms with van der Waals surface area (Å²) in [6.07, 6.45) is 0.462. The molecule has 7 nitrogen and oxygen atoms in total. The van der Waals surface area contributed by atoms with Crippen LogP contribution in [0.1, 0.15) is 32.8 Å². The van der Waals surface area contributed by atoms with E-state index in [0.29, 0.717) is 35.6 Å². The van der Waals surface area contributed by atoms with Crippen molar-refractivity contribution in [3.05, 3.63) is 51.9 Å². The van der Waals surface area contributed by atoms with Crippen molar-refractivity contribution in [1.29, 1.82) is 5.26 Å². The maximum Gasteiger partial charge on any atom is 0.304 e. The van der Waals surface area contributed by atoms with Gasteiger partial charge in [0.05, 0.1) is 18.5 Å². The zero-order valence-corrected chi connectivity index (χ0v) is 16.4. The molecule has 0 aliphatic carbocycles. The van der Waals surface area contributed by atoms with E-state index in [-0.39, 0.29) is 23.3 Å².